The lowest BCUT2D eigenvalue weighted by molar-refractivity contribution is -0.633. The van der Waals surface area contributed by atoms with Gasteiger partial charge in [0.15, 0.2) is 6.61 Å². The second kappa shape index (κ2) is 20.4. The summed E-state index contributed by atoms with van der Waals surface area (Å²) in [5.41, 5.74) is 11.5. The van der Waals surface area contributed by atoms with E-state index in [9.17, 15) is 18.4 Å². The van der Waals surface area contributed by atoms with E-state index in [1.54, 1.807) is 23.6 Å². The van der Waals surface area contributed by atoms with Crippen LogP contribution in [0.15, 0.2) is 109 Å². The van der Waals surface area contributed by atoms with E-state index in [0.717, 1.165) is 83.9 Å². The lowest BCUT2D eigenvalue weighted by Gasteiger charge is -2.33. The van der Waals surface area contributed by atoms with E-state index >= 15 is 0 Å². The smallest absolute Gasteiger partial charge is 0.310 e. The van der Waals surface area contributed by atoms with Crippen LogP contribution in [0.5, 0.6) is 5.75 Å². The molecular weight excluding hydrogens is 985 g/mol. The van der Waals surface area contributed by atoms with Crippen molar-refractivity contribution < 1.29 is 37.3 Å². The third-order valence-corrected chi connectivity index (χ3v) is 16.7. The summed E-state index contributed by atoms with van der Waals surface area (Å²) >= 11 is 1.74. The van der Waals surface area contributed by atoms with Crippen molar-refractivity contribution in [3.63, 3.8) is 0 Å². The van der Waals surface area contributed by atoms with Crippen LogP contribution in [0.25, 0.3) is 49.1 Å². The van der Waals surface area contributed by atoms with Crippen LogP contribution in [0.2, 0.25) is 0 Å². The molecule has 2 N–H and O–H groups in total. The summed E-state index contributed by atoms with van der Waals surface area (Å²) in [6.45, 7) is 8.61. The number of rotatable bonds is 14. The fraction of sp³-hybridized carbons (Fsp3) is 0.356. The molecule has 2 atom stereocenters. The fourth-order valence-electron chi connectivity index (χ4n) is 10.9. The van der Waals surface area contributed by atoms with Gasteiger partial charge in [-0.2, -0.15) is 19.0 Å². The number of carbonyl (C=O) groups is 2. The number of thiophene rings is 1. The average molecular weight is 1050 g/mol. The number of alkyl halides is 2. The predicted octanol–water partition coefficient (Wildman–Crippen LogP) is 9.60. The van der Waals surface area contributed by atoms with Gasteiger partial charge < -0.3 is 39.5 Å². The molecule has 390 valence electrons. The van der Waals surface area contributed by atoms with Crippen molar-refractivity contribution >= 4 is 67.5 Å². The molecule has 17 heteroatoms. The molecule has 7 aromatic rings. The first-order chi connectivity index (χ1) is 36.8. The second-order valence-electron chi connectivity index (χ2n) is 20.9. The molecule has 5 aliphatic heterocycles. The van der Waals surface area contributed by atoms with E-state index in [-0.39, 0.29) is 41.0 Å². The number of amides is 2. The summed E-state index contributed by atoms with van der Waals surface area (Å²) in [6.07, 6.45) is 9.42. The maximum Gasteiger partial charge on any atom is 0.310 e. The van der Waals surface area contributed by atoms with Gasteiger partial charge in [0.1, 0.15) is 11.9 Å². The minimum absolute atomic E-state index is 0.0143. The maximum atomic E-state index is 14.9. The molecular formula is C59H60F2N9O5S+. The maximum absolute atomic E-state index is 14.9. The third-order valence-electron chi connectivity index (χ3n) is 15.4. The van der Waals surface area contributed by atoms with E-state index in [1.807, 2.05) is 39.7 Å². The SMILES string of the molecule is C[C@@H](Nc1cnnc2ccc(C3=CCN(C(=O)C4COC4)CC3)cc12)c1ccc(-c2cc(-[n+]3ncc(N[C@H](C)c4cccc5c4OCC5(F)F)c4cc(C5=CCN(C(=O)C6COC6)CC5)ccc43)ccc2CN(C)C)s1. The third kappa shape index (κ3) is 9.58. The zero-order valence-electron chi connectivity index (χ0n) is 43.0. The minimum Gasteiger partial charge on any atom is -0.486 e. The molecule has 8 heterocycles. The summed E-state index contributed by atoms with van der Waals surface area (Å²) in [7, 11) is 4.15. The number of aromatic nitrogens is 4. The van der Waals surface area contributed by atoms with Gasteiger partial charge >= 0.3 is 5.92 Å². The van der Waals surface area contributed by atoms with Gasteiger partial charge in [-0.25, -0.2) is 0 Å². The predicted molar refractivity (Wildman–Crippen MR) is 290 cm³/mol. The van der Waals surface area contributed by atoms with E-state index < -0.39 is 18.6 Å². The summed E-state index contributed by atoms with van der Waals surface area (Å²) in [5, 5.41) is 23.2. The lowest BCUT2D eigenvalue weighted by Crippen LogP contribution is -2.46. The van der Waals surface area contributed by atoms with Crippen molar-refractivity contribution in [1.29, 1.82) is 0 Å². The van der Waals surface area contributed by atoms with Crippen LogP contribution in [0, 0.1) is 11.8 Å². The van der Waals surface area contributed by atoms with E-state index in [1.165, 1.54) is 17.2 Å². The Morgan fingerprint density at radius 2 is 1.47 bits per heavy atom. The molecule has 4 aromatic carbocycles. The zero-order valence-corrected chi connectivity index (χ0v) is 43.8. The van der Waals surface area contributed by atoms with E-state index in [2.05, 4.69) is 120 Å². The highest BCUT2D eigenvalue weighted by Crippen LogP contribution is 2.46. The van der Waals surface area contributed by atoms with Crippen molar-refractivity contribution in [1.82, 2.24) is 30.0 Å². The van der Waals surface area contributed by atoms with Crippen LogP contribution in [0.4, 0.5) is 20.2 Å². The van der Waals surface area contributed by atoms with E-state index in [0.29, 0.717) is 64.6 Å². The van der Waals surface area contributed by atoms with Crippen LogP contribution < -0.4 is 20.1 Å². The summed E-state index contributed by atoms with van der Waals surface area (Å²) < 4.78 is 47.9. The number of hydrogen-bond donors (Lipinski definition) is 2. The van der Waals surface area contributed by atoms with Gasteiger partial charge in [0.25, 0.3) is 0 Å². The number of carbonyl (C=O) groups excluding carboxylic acids is 2. The molecule has 2 amide bonds. The number of benzene rings is 4. The molecule has 0 aliphatic carbocycles. The number of hydrogen-bond acceptors (Lipinski definition) is 12. The van der Waals surface area contributed by atoms with Crippen LogP contribution in [-0.4, -0.2) is 115 Å². The molecule has 2 fully saturated rings. The van der Waals surface area contributed by atoms with Crippen LogP contribution in [-0.2, 0) is 31.5 Å². The first-order valence-corrected chi connectivity index (χ1v) is 26.9. The van der Waals surface area contributed by atoms with Gasteiger partial charge in [-0.15, -0.1) is 11.3 Å². The summed E-state index contributed by atoms with van der Waals surface area (Å²) in [6, 6.07) is 28.1. The Bertz CT molecular complexity index is 3480. The van der Waals surface area contributed by atoms with Crippen molar-refractivity contribution in [2.75, 3.05) is 83.9 Å². The molecule has 14 nitrogen and oxygen atoms in total. The van der Waals surface area contributed by atoms with Crippen LogP contribution >= 0.6 is 11.3 Å². The van der Waals surface area contributed by atoms with Gasteiger partial charge in [0.05, 0.1) is 84.4 Å². The first-order valence-electron chi connectivity index (χ1n) is 26.1. The van der Waals surface area contributed by atoms with Crippen LogP contribution in [0.1, 0.15) is 71.5 Å². The van der Waals surface area contributed by atoms with Gasteiger partial charge in [-0.3, -0.25) is 9.59 Å². The Morgan fingerprint density at radius 1 is 0.803 bits per heavy atom. The number of fused-ring (bicyclic) bond motifs is 3. The highest BCUT2D eigenvalue weighted by molar-refractivity contribution is 7.15. The lowest BCUT2D eigenvalue weighted by atomic mass is 9.96. The van der Waals surface area contributed by atoms with Crippen molar-refractivity contribution in [2.24, 2.45) is 11.8 Å². The largest absolute Gasteiger partial charge is 0.486 e. The van der Waals surface area contributed by atoms with Gasteiger partial charge in [0.2, 0.25) is 23.0 Å². The number of nitrogens with one attached hydrogen (secondary N) is 2. The van der Waals surface area contributed by atoms with Crippen molar-refractivity contribution in [3.05, 3.63) is 142 Å². The Balaban J connectivity index is 0.848. The van der Waals surface area contributed by atoms with Gasteiger partial charge in [0, 0.05) is 82.3 Å². The number of halogens is 2. The molecule has 12 rings (SSSR count). The number of para-hydroxylation sites is 1. The van der Waals surface area contributed by atoms with E-state index in [4.69, 9.17) is 19.3 Å². The van der Waals surface area contributed by atoms with Crippen molar-refractivity contribution in [3.8, 4) is 21.9 Å². The highest BCUT2D eigenvalue weighted by Gasteiger charge is 2.43. The van der Waals surface area contributed by atoms with Gasteiger partial charge in [-0.05, 0) is 116 Å². The molecule has 2 saturated heterocycles. The average Bonchev–Trinajstić information content (AvgIpc) is 4.05. The molecule has 0 radical (unpaired) electrons. The molecule has 76 heavy (non-hydrogen) atoms. The molecule has 0 unspecified atom stereocenters. The molecule has 5 aliphatic rings. The standard InChI is InChI=1S/C59H59F2N9O5S/c1-35(45-6-5-7-49-56(45)75-34-59(49,60)61)64-52-28-63-70(53-13-10-40(25-48(52)53)38-18-22-69(23-19-38)58(72)43-32-74-33-43)44-11-8-41(29-67(3)4)46(26-44)55-15-14-54(76-55)36(2)65-51-27-62-66-50-12-9-39(24-47(50)51)37-16-20-68(21-17-37)57(71)42-30-73-31-42/h5-16,18,24-28,35-36,42-43H,17,19-23,29-34H2,1-4H3,(H,65,66)/p+1/t35-,36-/m1/s1. The summed E-state index contributed by atoms with van der Waals surface area (Å²) in [5.74, 6) is -2.59. The number of nitrogens with zero attached hydrogens (tertiary/aromatic N) is 7. The number of anilines is 2. The van der Waals surface area contributed by atoms with Crippen molar-refractivity contribution in [2.45, 2.75) is 51.2 Å². The molecule has 0 bridgehead atoms. The Kier molecular flexibility index (Phi) is 13.3. The Hall–Kier alpha value is -7.18. The summed E-state index contributed by atoms with van der Waals surface area (Å²) in [4.78, 5) is 34.3. The number of ether oxygens (including phenoxy) is 3. The first kappa shape index (κ1) is 49.7. The van der Waals surface area contributed by atoms with Gasteiger partial charge in [-0.1, -0.05) is 36.4 Å². The highest BCUT2D eigenvalue weighted by atomic mass is 32.1. The fourth-order valence-corrected chi connectivity index (χ4v) is 12.0. The monoisotopic (exact) mass is 1040 g/mol. The Morgan fingerprint density at radius 3 is 2.13 bits per heavy atom. The quantitative estimate of drug-likeness (QED) is 0.101. The minimum atomic E-state index is -3.06. The second-order valence-corrected chi connectivity index (χ2v) is 22.0. The molecule has 3 aromatic heterocycles. The zero-order chi connectivity index (χ0) is 52.2. The molecule has 0 spiro atoms. The topological polar surface area (TPSA) is 138 Å². The molecule has 0 saturated carbocycles. The van der Waals surface area contributed by atoms with Crippen LogP contribution in [0.3, 0.4) is 0 Å². The Labute approximate surface area is 444 Å². The normalized spacial score (nSPS) is 18.4.